The predicted octanol–water partition coefficient (Wildman–Crippen LogP) is 3.40. The molecule has 1 aromatic carbocycles. The van der Waals surface area contributed by atoms with Gasteiger partial charge in [0.25, 0.3) is 0 Å². The third-order valence-corrected chi connectivity index (χ3v) is 5.43. The molecule has 0 saturated carbocycles. The zero-order valence-electron chi connectivity index (χ0n) is 16.9. The maximum Gasteiger partial charge on any atom is 0.230 e. The van der Waals surface area contributed by atoms with Gasteiger partial charge >= 0.3 is 0 Å². The molecule has 0 aliphatic rings. The largest absolute Gasteiger partial charge is 0.497 e. The van der Waals surface area contributed by atoms with Gasteiger partial charge in [-0.25, -0.2) is 0 Å². The molecule has 8 nitrogen and oxygen atoms in total. The van der Waals surface area contributed by atoms with E-state index < -0.39 is 0 Å². The number of aromatic nitrogens is 4. The van der Waals surface area contributed by atoms with Crippen molar-refractivity contribution >= 4 is 17.7 Å². The monoisotopic (exact) mass is 435 g/mol. The number of pyridine rings is 1. The molecule has 0 aliphatic heterocycles. The molecular formula is C22H21N5O3S. The smallest absolute Gasteiger partial charge is 0.230 e. The molecule has 0 radical (unpaired) electrons. The molecule has 3 heterocycles. The lowest BCUT2D eigenvalue weighted by Crippen LogP contribution is -2.25. The summed E-state index contributed by atoms with van der Waals surface area (Å²) in [4.78, 5) is 16.5. The van der Waals surface area contributed by atoms with Gasteiger partial charge in [-0.15, -0.1) is 10.2 Å². The van der Waals surface area contributed by atoms with Crippen LogP contribution in [0.3, 0.4) is 0 Å². The first-order valence-electron chi connectivity index (χ1n) is 9.62. The highest BCUT2D eigenvalue weighted by Crippen LogP contribution is 2.27. The highest BCUT2D eigenvalue weighted by molar-refractivity contribution is 7.99. The van der Waals surface area contributed by atoms with E-state index in [4.69, 9.17) is 9.15 Å². The number of nitrogens with one attached hydrogen (secondary N) is 1. The van der Waals surface area contributed by atoms with Crippen molar-refractivity contribution in [1.82, 2.24) is 25.1 Å². The maximum atomic E-state index is 12.3. The lowest BCUT2D eigenvalue weighted by molar-refractivity contribution is -0.118. The zero-order chi connectivity index (χ0) is 21.5. The van der Waals surface area contributed by atoms with Gasteiger partial charge < -0.3 is 14.5 Å². The molecule has 31 heavy (non-hydrogen) atoms. The minimum absolute atomic E-state index is 0.105. The molecule has 0 spiro atoms. The van der Waals surface area contributed by atoms with Crippen LogP contribution in [0.15, 0.2) is 76.6 Å². The van der Waals surface area contributed by atoms with Crippen molar-refractivity contribution < 1.29 is 13.9 Å². The summed E-state index contributed by atoms with van der Waals surface area (Å²) in [5, 5.41) is 12.2. The van der Waals surface area contributed by atoms with Crippen LogP contribution in [0.2, 0.25) is 0 Å². The molecule has 0 atom stereocenters. The summed E-state index contributed by atoms with van der Waals surface area (Å²) in [5.74, 6) is 2.28. The highest BCUT2D eigenvalue weighted by atomic mass is 32.2. The second kappa shape index (κ2) is 9.94. The van der Waals surface area contributed by atoms with E-state index in [1.807, 2.05) is 59.2 Å². The van der Waals surface area contributed by atoms with E-state index in [1.165, 1.54) is 11.8 Å². The SMILES string of the molecule is COc1cccc(-c2nnc(SCC(=O)NCc3ccccn3)n2Cc2ccco2)c1. The normalized spacial score (nSPS) is 10.7. The van der Waals surface area contributed by atoms with Gasteiger partial charge in [0, 0.05) is 11.8 Å². The Hall–Kier alpha value is -3.59. The molecule has 4 rings (SSSR count). The number of carbonyl (C=O) groups excluding carboxylic acids is 1. The quantitative estimate of drug-likeness (QED) is 0.403. The average molecular weight is 436 g/mol. The summed E-state index contributed by atoms with van der Waals surface area (Å²) in [5.41, 5.74) is 1.67. The average Bonchev–Trinajstić information content (AvgIpc) is 3.47. The molecular weight excluding hydrogens is 414 g/mol. The van der Waals surface area contributed by atoms with Gasteiger partial charge in [-0.2, -0.15) is 0 Å². The fourth-order valence-electron chi connectivity index (χ4n) is 2.95. The van der Waals surface area contributed by atoms with E-state index in [2.05, 4.69) is 20.5 Å². The van der Waals surface area contributed by atoms with Crippen molar-refractivity contribution in [3.63, 3.8) is 0 Å². The molecule has 1 N–H and O–H groups in total. The number of ether oxygens (including phenoxy) is 1. The van der Waals surface area contributed by atoms with Gasteiger partial charge in [-0.05, 0) is 36.4 Å². The Balaban J connectivity index is 1.50. The summed E-state index contributed by atoms with van der Waals surface area (Å²) in [6.07, 6.45) is 3.33. The molecule has 0 fully saturated rings. The zero-order valence-corrected chi connectivity index (χ0v) is 17.7. The Morgan fingerprint density at radius 3 is 2.87 bits per heavy atom. The number of thioether (sulfide) groups is 1. The molecule has 9 heteroatoms. The van der Waals surface area contributed by atoms with Crippen LogP contribution in [0.5, 0.6) is 5.75 Å². The summed E-state index contributed by atoms with van der Waals surface area (Å²) < 4.78 is 12.8. The van der Waals surface area contributed by atoms with E-state index >= 15 is 0 Å². The van der Waals surface area contributed by atoms with Crippen LogP contribution >= 0.6 is 11.8 Å². The molecule has 0 saturated heterocycles. The van der Waals surface area contributed by atoms with E-state index in [-0.39, 0.29) is 11.7 Å². The third kappa shape index (κ3) is 5.32. The molecule has 158 valence electrons. The number of benzene rings is 1. The van der Waals surface area contributed by atoms with Gasteiger partial charge in [-0.1, -0.05) is 30.0 Å². The number of furan rings is 1. The molecule has 1 amide bonds. The first-order valence-corrected chi connectivity index (χ1v) is 10.6. The first kappa shape index (κ1) is 20.7. The second-order valence-electron chi connectivity index (χ2n) is 6.59. The summed E-state index contributed by atoms with van der Waals surface area (Å²) in [6, 6.07) is 16.9. The Kier molecular flexibility index (Phi) is 6.63. The number of amides is 1. The van der Waals surface area contributed by atoms with Gasteiger partial charge in [-0.3, -0.25) is 14.3 Å². The van der Waals surface area contributed by atoms with Crippen molar-refractivity contribution in [2.24, 2.45) is 0 Å². The molecule has 4 aromatic rings. The van der Waals surface area contributed by atoms with Gasteiger partial charge in [0.15, 0.2) is 11.0 Å². The van der Waals surface area contributed by atoms with E-state index in [9.17, 15) is 4.79 Å². The predicted molar refractivity (Wildman–Crippen MR) is 117 cm³/mol. The minimum Gasteiger partial charge on any atom is -0.497 e. The second-order valence-corrected chi connectivity index (χ2v) is 7.53. The first-order chi connectivity index (χ1) is 15.2. The van der Waals surface area contributed by atoms with Crippen molar-refractivity contribution in [2.75, 3.05) is 12.9 Å². The highest BCUT2D eigenvalue weighted by Gasteiger charge is 2.17. The van der Waals surface area contributed by atoms with Crippen molar-refractivity contribution in [1.29, 1.82) is 0 Å². The van der Waals surface area contributed by atoms with Crippen molar-refractivity contribution in [3.8, 4) is 17.1 Å². The Morgan fingerprint density at radius 2 is 2.10 bits per heavy atom. The number of hydrogen-bond acceptors (Lipinski definition) is 7. The van der Waals surface area contributed by atoms with Gasteiger partial charge in [0.05, 0.1) is 37.9 Å². The van der Waals surface area contributed by atoms with Crippen molar-refractivity contribution in [2.45, 2.75) is 18.2 Å². The van der Waals surface area contributed by atoms with Gasteiger partial charge in [0.2, 0.25) is 5.91 Å². The van der Waals surface area contributed by atoms with Gasteiger partial charge in [0.1, 0.15) is 11.5 Å². The van der Waals surface area contributed by atoms with Crippen LogP contribution in [0.4, 0.5) is 0 Å². The number of hydrogen-bond donors (Lipinski definition) is 1. The van der Waals surface area contributed by atoms with Crippen LogP contribution in [0.1, 0.15) is 11.5 Å². The Bertz CT molecular complexity index is 1130. The van der Waals surface area contributed by atoms with Crippen LogP contribution < -0.4 is 10.1 Å². The van der Waals surface area contributed by atoms with Crippen LogP contribution in [-0.2, 0) is 17.9 Å². The Labute approximate surface area is 183 Å². The fraction of sp³-hybridized carbons (Fsp3) is 0.182. The van der Waals surface area contributed by atoms with E-state index in [1.54, 1.807) is 19.6 Å². The van der Waals surface area contributed by atoms with Crippen LogP contribution in [-0.4, -0.2) is 38.5 Å². The third-order valence-electron chi connectivity index (χ3n) is 4.46. The lowest BCUT2D eigenvalue weighted by Gasteiger charge is -2.10. The lowest BCUT2D eigenvalue weighted by atomic mass is 10.2. The standard InChI is InChI=1S/C22H21N5O3S/c1-29-18-8-4-6-16(12-18)21-25-26-22(27(21)14-19-9-5-11-30-19)31-15-20(28)24-13-17-7-2-3-10-23-17/h2-12H,13-15H2,1H3,(H,24,28). The minimum atomic E-state index is -0.105. The Morgan fingerprint density at radius 1 is 1.16 bits per heavy atom. The molecule has 3 aromatic heterocycles. The molecule has 0 unspecified atom stereocenters. The maximum absolute atomic E-state index is 12.3. The van der Waals surface area contributed by atoms with Crippen LogP contribution in [0, 0.1) is 0 Å². The number of carbonyl (C=O) groups is 1. The summed E-state index contributed by atoms with van der Waals surface area (Å²) >= 11 is 1.32. The van der Waals surface area contributed by atoms with E-state index in [0.29, 0.717) is 24.1 Å². The summed E-state index contributed by atoms with van der Waals surface area (Å²) in [6.45, 7) is 0.832. The molecule has 0 bridgehead atoms. The summed E-state index contributed by atoms with van der Waals surface area (Å²) in [7, 11) is 1.62. The number of methoxy groups -OCH3 is 1. The number of nitrogens with zero attached hydrogens (tertiary/aromatic N) is 4. The molecule has 0 aliphatic carbocycles. The van der Waals surface area contributed by atoms with E-state index in [0.717, 1.165) is 22.8 Å². The fourth-order valence-corrected chi connectivity index (χ4v) is 3.71. The number of rotatable bonds is 9. The topological polar surface area (TPSA) is 95.1 Å². The van der Waals surface area contributed by atoms with Crippen LogP contribution in [0.25, 0.3) is 11.4 Å². The van der Waals surface area contributed by atoms with Crippen molar-refractivity contribution in [3.05, 3.63) is 78.5 Å².